The molecule has 0 heterocycles. The summed E-state index contributed by atoms with van der Waals surface area (Å²) in [6.45, 7) is 5.13. The summed E-state index contributed by atoms with van der Waals surface area (Å²) in [7, 11) is -3.05. The molecular formula is C10H24N2O2S. The Hall–Kier alpha value is -0.130. The first kappa shape index (κ1) is 14.9. The molecule has 0 aromatic carbocycles. The van der Waals surface area contributed by atoms with Crippen LogP contribution >= 0.6 is 0 Å². The number of hydrogen-bond acceptors (Lipinski definition) is 3. The first-order valence-electron chi connectivity index (χ1n) is 5.73. The molecule has 0 aliphatic carbocycles. The molecule has 0 fully saturated rings. The van der Waals surface area contributed by atoms with Gasteiger partial charge in [-0.05, 0) is 31.7 Å². The fourth-order valence-electron chi connectivity index (χ4n) is 1.58. The van der Waals surface area contributed by atoms with E-state index in [0.29, 0.717) is 25.4 Å². The molecule has 0 radical (unpaired) electrons. The van der Waals surface area contributed by atoms with Gasteiger partial charge in [0.05, 0.1) is 5.75 Å². The van der Waals surface area contributed by atoms with Crippen LogP contribution in [0.1, 0.15) is 39.5 Å². The third-order valence-electron chi connectivity index (χ3n) is 2.34. The van der Waals surface area contributed by atoms with E-state index in [9.17, 15) is 8.42 Å². The summed E-state index contributed by atoms with van der Waals surface area (Å²) in [5, 5.41) is 0. The zero-order chi connectivity index (χ0) is 11.7. The second kappa shape index (κ2) is 8.07. The third-order valence-corrected chi connectivity index (χ3v) is 3.89. The summed E-state index contributed by atoms with van der Waals surface area (Å²) < 4.78 is 25.4. The number of nitrogens with one attached hydrogen (secondary N) is 1. The van der Waals surface area contributed by atoms with Crippen LogP contribution in [0, 0.1) is 5.92 Å². The van der Waals surface area contributed by atoms with E-state index in [-0.39, 0.29) is 5.75 Å². The summed E-state index contributed by atoms with van der Waals surface area (Å²) in [6, 6.07) is 0. The maximum atomic E-state index is 11.4. The lowest BCUT2D eigenvalue weighted by atomic mass is 10.0. The normalized spacial score (nSPS) is 14.1. The Morgan fingerprint density at radius 2 is 1.87 bits per heavy atom. The third kappa shape index (κ3) is 7.76. The van der Waals surface area contributed by atoms with Gasteiger partial charge in [-0.15, -0.1) is 0 Å². The predicted molar refractivity (Wildman–Crippen MR) is 64.1 cm³/mol. The van der Waals surface area contributed by atoms with Crippen LogP contribution in [0.15, 0.2) is 0 Å². The second-order valence-electron chi connectivity index (χ2n) is 3.90. The van der Waals surface area contributed by atoms with Gasteiger partial charge in [-0.2, -0.15) is 0 Å². The highest BCUT2D eigenvalue weighted by Crippen LogP contribution is 2.09. The van der Waals surface area contributed by atoms with Crippen molar-refractivity contribution in [1.29, 1.82) is 0 Å². The Kier molecular flexibility index (Phi) is 8.00. The molecule has 0 aliphatic rings. The molecule has 1 unspecified atom stereocenters. The van der Waals surface area contributed by atoms with Gasteiger partial charge in [0.2, 0.25) is 10.0 Å². The van der Waals surface area contributed by atoms with Gasteiger partial charge in [0.25, 0.3) is 0 Å². The van der Waals surface area contributed by atoms with Crippen LogP contribution in [-0.4, -0.2) is 27.3 Å². The molecular weight excluding hydrogens is 212 g/mol. The van der Waals surface area contributed by atoms with Crippen LogP contribution in [0.4, 0.5) is 0 Å². The minimum atomic E-state index is -3.05. The van der Waals surface area contributed by atoms with Crippen molar-refractivity contribution in [2.24, 2.45) is 11.7 Å². The lowest BCUT2D eigenvalue weighted by Crippen LogP contribution is -2.32. The lowest BCUT2D eigenvalue weighted by molar-refractivity contribution is 0.443. The highest BCUT2D eigenvalue weighted by Gasteiger charge is 2.12. The van der Waals surface area contributed by atoms with Crippen molar-refractivity contribution in [2.75, 3.05) is 18.8 Å². The maximum absolute atomic E-state index is 11.4. The fourth-order valence-corrected chi connectivity index (χ4v) is 2.75. The Bertz CT molecular complexity index is 234. The van der Waals surface area contributed by atoms with E-state index in [1.54, 1.807) is 0 Å². The molecule has 4 nitrogen and oxygen atoms in total. The van der Waals surface area contributed by atoms with E-state index in [0.717, 1.165) is 19.3 Å². The molecule has 0 rings (SSSR count). The Labute approximate surface area is 93.7 Å². The average Bonchev–Trinajstić information content (AvgIpc) is 2.15. The van der Waals surface area contributed by atoms with Crippen LogP contribution in [0.2, 0.25) is 0 Å². The monoisotopic (exact) mass is 236 g/mol. The first-order chi connectivity index (χ1) is 7.05. The standard InChI is InChI=1S/C10H24N2O2S/c1-3-5-10(6-7-11)9-12-15(13,14)8-4-2/h10,12H,3-9,11H2,1-2H3. The van der Waals surface area contributed by atoms with Crippen molar-refractivity contribution >= 4 is 10.0 Å². The second-order valence-corrected chi connectivity index (χ2v) is 5.83. The topological polar surface area (TPSA) is 72.2 Å². The van der Waals surface area contributed by atoms with Crippen LogP contribution in [0.5, 0.6) is 0 Å². The van der Waals surface area contributed by atoms with Gasteiger partial charge >= 0.3 is 0 Å². The summed E-state index contributed by atoms with van der Waals surface area (Å²) >= 11 is 0. The molecule has 0 spiro atoms. The SMILES string of the molecule is CCCC(CCN)CNS(=O)(=O)CCC. The van der Waals surface area contributed by atoms with Gasteiger partial charge in [0, 0.05) is 6.54 Å². The highest BCUT2D eigenvalue weighted by atomic mass is 32.2. The van der Waals surface area contributed by atoms with Gasteiger partial charge < -0.3 is 5.73 Å². The molecule has 0 amide bonds. The van der Waals surface area contributed by atoms with E-state index in [2.05, 4.69) is 11.6 Å². The van der Waals surface area contributed by atoms with Gasteiger partial charge in [-0.3, -0.25) is 0 Å². The van der Waals surface area contributed by atoms with Crippen molar-refractivity contribution in [3.63, 3.8) is 0 Å². The molecule has 0 aliphatic heterocycles. The molecule has 15 heavy (non-hydrogen) atoms. The van der Waals surface area contributed by atoms with Crippen LogP contribution in [-0.2, 0) is 10.0 Å². The zero-order valence-corrected chi connectivity index (χ0v) is 10.6. The summed E-state index contributed by atoms with van der Waals surface area (Å²) in [6.07, 6.45) is 3.65. The summed E-state index contributed by atoms with van der Waals surface area (Å²) in [4.78, 5) is 0. The number of sulfonamides is 1. The van der Waals surface area contributed by atoms with Gasteiger partial charge in [0.15, 0.2) is 0 Å². The van der Waals surface area contributed by atoms with Crippen LogP contribution in [0.25, 0.3) is 0 Å². The molecule has 0 saturated carbocycles. The molecule has 0 saturated heterocycles. The molecule has 5 heteroatoms. The van der Waals surface area contributed by atoms with Crippen molar-refractivity contribution in [3.8, 4) is 0 Å². The lowest BCUT2D eigenvalue weighted by Gasteiger charge is -2.15. The van der Waals surface area contributed by atoms with E-state index in [4.69, 9.17) is 5.73 Å². The minimum Gasteiger partial charge on any atom is -0.330 e. The number of rotatable bonds is 9. The average molecular weight is 236 g/mol. The molecule has 1 atom stereocenters. The smallest absolute Gasteiger partial charge is 0.211 e. The van der Waals surface area contributed by atoms with Crippen molar-refractivity contribution in [1.82, 2.24) is 4.72 Å². The van der Waals surface area contributed by atoms with Crippen molar-refractivity contribution in [3.05, 3.63) is 0 Å². The van der Waals surface area contributed by atoms with E-state index < -0.39 is 10.0 Å². The Morgan fingerprint density at radius 3 is 2.33 bits per heavy atom. The molecule has 0 aromatic heterocycles. The van der Waals surface area contributed by atoms with Crippen molar-refractivity contribution < 1.29 is 8.42 Å². The van der Waals surface area contributed by atoms with Crippen LogP contribution in [0.3, 0.4) is 0 Å². The predicted octanol–water partition coefficient (Wildman–Crippen LogP) is 1.08. The van der Waals surface area contributed by atoms with Gasteiger partial charge in [-0.1, -0.05) is 20.3 Å². The summed E-state index contributed by atoms with van der Waals surface area (Å²) in [5.41, 5.74) is 5.48. The Morgan fingerprint density at radius 1 is 1.20 bits per heavy atom. The number of hydrogen-bond donors (Lipinski definition) is 2. The van der Waals surface area contributed by atoms with E-state index in [1.165, 1.54) is 0 Å². The van der Waals surface area contributed by atoms with E-state index in [1.807, 2.05) is 6.92 Å². The van der Waals surface area contributed by atoms with Gasteiger partial charge in [-0.25, -0.2) is 13.1 Å². The molecule has 92 valence electrons. The highest BCUT2D eigenvalue weighted by molar-refractivity contribution is 7.89. The van der Waals surface area contributed by atoms with Crippen molar-refractivity contribution in [2.45, 2.75) is 39.5 Å². The zero-order valence-electron chi connectivity index (χ0n) is 9.83. The molecule has 0 bridgehead atoms. The molecule has 3 N–H and O–H groups in total. The maximum Gasteiger partial charge on any atom is 0.211 e. The molecule has 0 aromatic rings. The summed E-state index contributed by atoms with van der Waals surface area (Å²) in [5.74, 6) is 0.598. The first-order valence-corrected chi connectivity index (χ1v) is 7.38. The van der Waals surface area contributed by atoms with Crippen LogP contribution < -0.4 is 10.5 Å². The fraction of sp³-hybridized carbons (Fsp3) is 1.00. The minimum absolute atomic E-state index is 0.217. The number of nitrogens with two attached hydrogens (primary N) is 1. The van der Waals surface area contributed by atoms with E-state index >= 15 is 0 Å². The quantitative estimate of drug-likeness (QED) is 0.629. The van der Waals surface area contributed by atoms with Gasteiger partial charge in [0.1, 0.15) is 0 Å². The largest absolute Gasteiger partial charge is 0.330 e. The Balaban J connectivity index is 3.97.